The quantitative estimate of drug-likeness (QED) is 0.536. The Labute approximate surface area is 212 Å². The van der Waals surface area contributed by atoms with Gasteiger partial charge < -0.3 is 20.4 Å². The van der Waals surface area contributed by atoms with Crippen LogP contribution in [0.5, 0.6) is 0 Å². The lowest BCUT2D eigenvalue weighted by Gasteiger charge is -2.32. The van der Waals surface area contributed by atoms with Crippen molar-refractivity contribution in [2.24, 2.45) is 5.73 Å². The van der Waals surface area contributed by atoms with Crippen molar-refractivity contribution >= 4 is 5.91 Å². The molecule has 0 saturated carbocycles. The van der Waals surface area contributed by atoms with Crippen LogP contribution in [0.1, 0.15) is 22.5 Å². The van der Waals surface area contributed by atoms with Gasteiger partial charge in [-0.05, 0) is 40.9 Å². The van der Waals surface area contributed by atoms with Crippen molar-refractivity contribution in [1.82, 2.24) is 15.1 Å². The first-order valence-electron chi connectivity index (χ1n) is 12.6. The molecule has 7 nitrogen and oxygen atoms in total. The summed E-state index contributed by atoms with van der Waals surface area (Å²) < 4.78 is 5.41. The van der Waals surface area contributed by atoms with E-state index in [1.165, 1.54) is 5.56 Å². The number of nitrogens with zero attached hydrogens (tertiary/aromatic N) is 3. The number of carbonyl (C=O) groups is 1. The number of nitriles is 1. The standard InChI is InChI=1S/C29H33N5O2/c1-33-11-13-34(14-12-33)20-22-4-8-24(9-5-22)23-6-2-21(3-7-23)16-26(19-30)32-28(35)29(31)17-25-10-15-36-27(25)18-29/h2-10,15,26H,11-14,16-18,20,31H2,1H3,(H,32,35). The summed E-state index contributed by atoms with van der Waals surface area (Å²) in [6.45, 7) is 5.46. The van der Waals surface area contributed by atoms with E-state index < -0.39 is 11.6 Å². The minimum Gasteiger partial charge on any atom is -0.469 e. The molecule has 0 radical (unpaired) electrons. The SMILES string of the molecule is CN1CCN(Cc2ccc(-c3ccc(CC(C#N)NC(=O)C4(N)Cc5ccoc5C4)cc3)cc2)CC1. The zero-order valence-corrected chi connectivity index (χ0v) is 20.7. The van der Waals surface area contributed by atoms with E-state index in [1.807, 2.05) is 18.2 Å². The highest BCUT2D eigenvalue weighted by Gasteiger charge is 2.42. The van der Waals surface area contributed by atoms with Crippen molar-refractivity contribution in [2.75, 3.05) is 33.2 Å². The molecule has 1 aliphatic heterocycles. The maximum Gasteiger partial charge on any atom is 0.241 e. The number of furan rings is 1. The first-order valence-corrected chi connectivity index (χ1v) is 12.6. The van der Waals surface area contributed by atoms with Crippen LogP contribution in [0.3, 0.4) is 0 Å². The van der Waals surface area contributed by atoms with Gasteiger partial charge in [0, 0.05) is 52.0 Å². The number of carbonyl (C=O) groups excluding carboxylic acids is 1. The molecule has 1 aliphatic carbocycles. The maximum atomic E-state index is 12.9. The van der Waals surface area contributed by atoms with E-state index in [1.54, 1.807) is 6.26 Å². The summed E-state index contributed by atoms with van der Waals surface area (Å²) in [5.74, 6) is 0.442. The molecule has 1 fully saturated rings. The Morgan fingerprint density at radius 1 is 1.03 bits per heavy atom. The molecule has 186 valence electrons. The van der Waals surface area contributed by atoms with Crippen LogP contribution in [-0.2, 0) is 30.6 Å². The molecule has 1 saturated heterocycles. The monoisotopic (exact) mass is 483 g/mol. The van der Waals surface area contributed by atoms with Crippen LogP contribution in [0.25, 0.3) is 11.1 Å². The molecule has 3 N–H and O–H groups in total. The van der Waals surface area contributed by atoms with Crippen molar-refractivity contribution < 1.29 is 9.21 Å². The number of nitrogens with two attached hydrogens (primary N) is 1. The van der Waals surface area contributed by atoms with Crippen LogP contribution in [0.4, 0.5) is 0 Å². The normalized spacial score (nSPS) is 21.0. The van der Waals surface area contributed by atoms with Gasteiger partial charge in [-0.3, -0.25) is 9.69 Å². The van der Waals surface area contributed by atoms with E-state index in [2.05, 4.69) is 64.6 Å². The highest BCUT2D eigenvalue weighted by molar-refractivity contribution is 5.88. The Morgan fingerprint density at radius 2 is 1.67 bits per heavy atom. The lowest BCUT2D eigenvalue weighted by molar-refractivity contribution is -0.126. The molecule has 0 bridgehead atoms. The van der Waals surface area contributed by atoms with E-state index in [9.17, 15) is 10.1 Å². The topological polar surface area (TPSA) is 98.5 Å². The van der Waals surface area contributed by atoms with E-state index in [0.29, 0.717) is 19.3 Å². The van der Waals surface area contributed by atoms with Crippen molar-refractivity contribution in [3.8, 4) is 17.2 Å². The van der Waals surface area contributed by atoms with Crippen LogP contribution < -0.4 is 11.1 Å². The molecule has 7 heteroatoms. The van der Waals surface area contributed by atoms with Gasteiger partial charge in [0.05, 0.1) is 12.3 Å². The Kier molecular flexibility index (Phi) is 6.92. The molecule has 3 aromatic rings. The molecule has 1 amide bonds. The number of hydrogen-bond acceptors (Lipinski definition) is 6. The second-order valence-corrected chi connectivity index (χ2v) is 10.2. The largest absolute Gasteiger partial charge is 0.469 e. The molecule has 36 heavy (non-hydrogen) atoms. The average Bonchev–Trinajstić information content (AvgIpc) is 3.45. The average molecular weight is 484 g/mol. The van der Waals surface area contributed by atoms with Gasteiger partial charge in [-0.2, -0.15) is 5.26 Å². The van der Waals surface area contributed by atoms with Gasteiger partial charge in [0.1, 0.15) is 17.3 Å². The second kappa shape index (κ2) is 10.3. The molecule has 0 spiro atoms. The number of benzene rings is 2. The zero-order valence-electron chi connectivity index (χ0n) is 20.7. The van der Waals surface area contributed by atoms with Crippen LogP contribution in [0.2, 0.25) is 0 Å². The third-order valence-electron chi connectivity index (χ3n) is 7.42. The summed E-state index contributed by atoms with van der Waals surface area (Å²) in [4.78, 5) is 17.7. The van der Waals surface area contributed by atoms with E-state index in [0.717, 1.165) is 60.7 Å². The summed E-state index contributed by atoms with van der Waals surface area (Å²) in [5, 5.41) is 12.5. The number of likely N-dealkylation sites (N-methyl/N-ethyl adjacent to an activating group) is 1. The fourth-order valence-electron chi connectivity index (χ4n) is 5.10. The molecule has 2 heterocycles. The van der Waals surface area contributed by atoms with Gasteiger partial charge in [-0.1, -0.05) is 48.5 Å². The first kappa shape index (κ1) is 24.3. The van der Waals surface area contributed by atoms with Gasteiger partial charge in [-0.15, -0.1) is 0 Å². The van der Waals surface area contributed by atoms with Crippen molar-refractivity contribution in [3.63, 3.8) is 0 Å². The molecule has 2 aromatic carbocycles. The van der Waals surface area contributed by atoms with Crippen LogP contribution >= 0.6 is 0 Å². The van der Waals surface area contributed by atoms with Crippen LogP contribution in [0.15, 0.2) is 65.3 Å². The Morgan fingerprint density at radius 3 is 2.28 bits per heavy atom. The minimum atomic E-state index is -1.06. The Hall–Kier alpha value is -3.44. The lowest BCUT2D eigenvalue weighted by Crippen LogP contribution is -2.57. The summed E-state index contributed by atoms with van der Waals surface area (Å²) in [7, 11) is 2.18. The summed E-state index contributed by atoms with van der Waals surface area (Å²) in [6.07, 6.45) is 2.81. The summed E-state index contributed by atoms with van der Waals surface area (Å²) in [6, 6.07) is 20.3. The van der Waals surface area contributed by atoms with Crippen molar-refractivity contribution in [2.45, 2.75) is 37.4 Å². The highest BCUT2D eigenvalue weighted by Crippen LogP contribution is 2.29. The molecular formula is C29H33N5O2. The molecule has 1 aromatic heterocycles. The highest BCUT2D eigenvalue weighted by atomic mass is 16.3. The lowest BCUT2D eigenvalue weighted by atomic mass is 9.95. The third kappa shape index (κ3) is 5.36. The molecule has 5 rings (SSSR count). The van der Waals surface area contributed by atoms with Gasteiger partial charge in [0.15, 0.2) is 0 Å². The molecule has 2 atom stereocenters. The fourth-order valence-corrected chi connectivity index (χ4v) is 5.10. The van der Waals surface area contributed by atoms with Gasteiger partial charge in [0.25, 0.3) is 0 Å². The molecule has 2 unspecified atom stereocenters. The number of fused-ring (bicyclic) bond motifs is 1. The predicted molar refractivity (Wildman–Crippen MR) is 139 cm³/mol. The number of nitrogens with one attached hydrogen (secondary N) is 1. The summed E-state index contributed by atoms with van der Waals surface area (Å²) >= 11 is 0. The second-order valence-electron chi connectivity index (χ2n) is 10.2. The Bertz CT molecular complexity index is 1210. The van der Waals surface area contributed by atoms with Gasteiger partial charge >= 0.3 is 0 Å². The third-order valence-corrected chi connectivity index (χ3v) is 7.42. The first-order chi connectivity index (χ1) is 17.4. The Balaban J connectivity index is 1.16. The van der Waals surface area contributed by atoms with E-state index >= 15 is 0 Å². The number of hydrogen-bond donors (Lipinski definition) is 2. The maximum absolute atomic E-state index is 12.9. The number of amides is 1. The minimum absolute atomic E-state index is 0.311. The van der Waals surface area contributed by atoms with E-state index in [4.69, 9.17) is 10.2 Å². The smallest absolute Gasteiger partial charge is 0.241 e. The van der Waals surface area contributed by atoms with Crippen molar-refractivity contribution in [1.29, 1.82) is 5.26 Å². The number of piperazine rings is 1. The molecular weight excluding hydrogens is 450 g/mol. The van der Waals surface area contributed by atoms with Crippen LogP contribution in [-0.4, -0.2) is 60.5 Å². The summed E-state index contributed by atoms with van der Waals surface area (Å²) in [5.41, 5.74) is 10.9. The van der Waals surface area contributed by atoms with E-state index in [-0.39, 0.29) is 5.91 Å². The predicted octanol–water partition coefficient (Wildman–Crippen LogP) is 2.74. The zero-order chi connectivity index (χ0) is 25.1. The fraction of sp³-hybridized carbons (Fsp3) is 0.379. The number of rotatable bonds is 7. The molecule has 2 aliphatic rings. The van der Waals surface area contributed by atoms with Crippen LogP contribution in [0, 0.1) is 11.3 Å². The van der Waals surface area contributed by atoms with Crippen molar-refractivity contribution in [3.05, 3.63) is 83.3 Å². The van der Waals surface area contributed by atoms with Gasteiger partial charge in [-0.25, -0.2) is 0 Å². The van der Waals surface area contributed by atoms with Gasteiger partial charge in [0.2, 0.25) is 5.91 Å².